The lowest BCUT2D eigenvalue weighted by molar-refractivity contribution is -0.131. The lowest BCUT2D eigenvalue weighted by Gasteiger charge is -2.30. The van der Waals surface area contributed by atoms with Gasteiger partial charge in [0.1, 0.15) is 5.82 Å². The summed E-state index contributed by atoms with van der Waals surface area (Å²) in [5.74, 6) is 0.866. The van der Waals surface area contributed by atoms with Crippen molar-refractivity contribution in [3.8, 4) is 0 Å². The maximum Gasteiger partial charge on any atom is 0.233 e. The Balaban J connectivity index is 2.67. The molecule has 0 aliphatic rings. The van der Waals surface area contributed by atoms with Crippen LogP contribution in [0.5, 0.6) is 0 Å². The highest BCUT2D eigenvalue weighted by Crippen LogP contribution is 2.17. The van der Waals surface area contributed by atoms with Gasteiger partial charge in [0, 0.05) is 23.8 Å². The summed E-state index contributed by atoms with van der Waals surface area (Å²) in [6.07, 6.45) is 0. The summed E-state index contributed by atoms with van der Waals surface area (Å²) in [5, 5.41) is 0.554. The molecule has 1 aromatic rings. The van der Waals surface area contributed by atoms with Crippen LogP contribution in [0.1, 0.15) is 33.4 Å². The fourth-order valence-electron chi connectivity index (χ4n) is 2.00. The molecule has 0 unspecified atom stereocenters. The van der Waals surface area contributed by atoms with Crippen molar-refractivity contribution in [1.29, 1.82) is 0 Å². The van der Waals surface area contributed by atoms with E-state index in [2.05, 4.69) is 9.97 Å². The van der Waals surface area contributed by atoms with Crippen molar-refractivity contribution in [3.63, 3.8) is 0 Å². The van der Waals surface area contributed by atoms with Crippen LogP contribution in [0, 0.1) is 6.92 Å². The third-order valence-electron chi connectivity index (χ3n) is 2.58. The molecule has 0 atom stereocenters. The first-order valence-corrected chi connectivity index (χ1v) is 7.35. The SMILES string of the molecule is Cc1cc(N)nc(SCC(=O)N(C(C)C)C(C)C)n1. The molecule has 0 radical (unpaired) electrons. The summed E-state index contributed by atoms with van der Waals surface area (Å²) < 4.78 is 0. The van der Waals surface area contributed by atoms with Crippen LogP contribution in [-0.4, -0.2) is 38.6 Å². The largest absolute Gasteiger partial charge is 0.384 e. The van der Waals surface area contributed by atoms with Crippen LogP contribution < -0.4 is 5.73 Å². The number of aromatic nitrogens is 2. The summed E-state index contributed by atoms with van der Waals surface area (Å²) in [4.78, 5) is 22.4. The fraction of sp³-hybridized carbons (Fsp3) is 0.615. The van der Waals surface area contributed by atoms with Crippen molar-refractivity contribution in [2.75, 3.05) is 11.5 Å². The van der Waals surface area contributed by atoms with E-state index in [4.69, 9.17) is 5.73 Å². The number of aryl methyl sites for hydroxylation is 1. The minimum atomic E-state index is 0.0960. The van der Waals surface area contributed by atoms with Gasteiger partial charge in [-0.15, -0.1) is 0 Å². The number of nitrogens with two attached hydrogens (primary N) is 1. The molecule has 19 heavy (non-hydrogen) atoms. The second kappa shape index (κ2) is 6.75. The Morgan fingerprint density at radius 2 is 1.89 bits per heavy atom. The molecule has 0 spiro atoms. The van der Waals surface area contributed by atoms with Gasteiger partial charge in [-0.3, -0.25) is 4.79 Å². The number of rotatable bonds is 5. The predicted molar refractivity (Wildman–Crippen MR) is 79.0 cm³/mol. The van der Waals surface area contributed by atoms with Crippen molar-refractivity contribution < 1.29 is 4.79 Å². The molecular weight excluding hydrogens is 260 g/mol. The minimum absolute atomic E-state index is 0.0960. The molecule has 0 fully saturated rings. The summed E-state index contributed by atoms with van der Waals surface area (Å²) >= 11 is 1.33. The van der Waals surface area contributed by atoms with Gasteiger partial charge in [0.05, 0.1) is 5.75 Å². The van der Waals surface area contributed by atoms with Gasteiger partial charge in [0.25, 0.3) is 0 Å². The van der Waals surface area contributed by atoms with Crippen LogP contribution in [0.4, 0.5) is 5.82 Å². The Morgan fingerprint density at radius 3 is 2.37 bits per heavy atom. The molecule has 0 saturated heterocycles. The van der Waals surface area contributed by atoms with Gasteiger partial charge in [-0.2, -0.15) is 0 Å². The maximum atomic E-state index is 12.2. The molecule has 0 aliphatic carbocycles. The average molecular weight is 282 g/mol. The van der Waals surface area contributed by atoms with Gasteiger partial charge in [0.2, 0.25) is 5.91 Å². The molecule has 0 aromatic carbocycles. The van der Waals surface area contributed by atoms with E-state index in [1.165, 1.54) is 11.8 Å². The third kappa shape index (κ3) is 4.70. The van der Waals surface area contributed by atoms with Crippen molar-refractivity contribution in [3.05, 3.63) is 11.8 Å². The first-order chi connectivity index (χ1) is 8.81. The Hall–Kier alpha value is -1.30. The zero-order chi connectivity index (χ0) is 14.6. The zero-order valence-corrected chi connectivity index (χ0v) is 13.0. The van der Waals surface area contributed by atoms with Crippen LogP contribution in [0.25, 0.3) is 0 Å². The van der Waals surface area contributed by atoms with E-state index in [0.29, 0.717) is 16.7 Å². The van der Waals surface area contributed by atoms with Crippen molar-refractivity contribution >= 4 is 23.5 Å². The van der Waals surface area contributed by atoms with Crippen LogP contribution in [0.2, 0.25) is 0 Å². The number of carbonyl (C=O) groups excluding carboxylic acids is 1. The van der Waals surface area contributed by atoms with Gasteiger partial charge >= 0.3 is 0 Å². The van der Waals surface area contributed by atoms with Crippen molar-refractivity contribution in [1.82, 2.24) is 14.9 Å². The summed E-state index contributed by atoms with van der Waals surface area (Å²) in [7, 11) is 0. The number of nitrogen functional groups attached to an aromatic ring is 1. The number of hydrogen-bond donors (Lipinski definition) is 1. The molecule has 2 N–H and O–H groups in total. The van der Waals surface area contributed by atoms with E-state index in [-0.39, 0.29) is 18.0 Å². The average Bonchev–Trinajstić information content (AvgIpc) is 2.23. The molecule has 0 bridgehead atoms. The van der Waals surface area contributed by atoms with Gasteiger partial charge in [-0.25, -0.2) is 9.97 Å². The normalized spacial score (nSPS) is 11.1. The standard InChI is InChI=1S/C13H22N4OS/c1-8(2)17(9(3)4)12(18)7-19-13-15-10(5)6-11(14)16-13/h6,8-9H,7H2,1-5H3,(H2,14,15,16). The van der Waals surface area contributed by atoms with E-state index in [9.17, 15) is 4.79 Å². The Labute approximate surface area is 119 Å². The third-order valence-corrected chi connectivity index (χ3v) is 3.41. The fourth-order valence-corrected chi connectivity index (χ4v) is 2.78. The molecular formula is C13H22N4OS. The Bertz CT molecular complexity index is 420. The summed E-state index contributed by atoms with van der Waals surface area (Å²) in [6, 6.07) is 2.09. The van der Waals surface area contributed by atoms with Crippen LogP contribution >= 0.6 is 11.8 Å². The van der Waals surface area contributed by atoms with E-state index in [1.807, 2.05) is 39.5 Å². The molecule has 1 rings (SSSR count). The number of hydrogen-bond acceptors (Lipinski definition) is 5. The smallest absolute Gasteiger partial charge is 0.233 e. The first-order valence-electron chi connectivity index (χ1n) is 6.36. The van der Waals surface area contributed by atoms with Crippen LogP contribution in [0.15, 0.2) is 11.2 Å². The molecule has 0 aliphatic heterocycles. The van der Waals surface area contributed by atoms with Gasteiger partial charge in [-0.05, 0) is 34.6 Å². The topological polar surface area (TPSA) is 72.1 Å². The lowest BCUT2D eigenvalue weighted by Crippen LogP contribution is -2.43. The molecule has 5 nitrogen and oxygen atoms in total. The second-order valence-corrected chi connectivity index (χ2v) is 5.94. The summed E-state index contributed by atoms with van der Waals surface area (Å²) in [5.41, 5.74) is 6.47. The number of carbonyl (C=O) groups is 1. The highest BCUT2D eigenvalue weighted by molar-refractivity contribution is 7.99. The first kappa shape index (κ1) is 15.8. The van der Waals surface area contributed by atoms with E-state index in [0.717, 1.165) is 5.69 Å². The molecule has 1 aromatic heterocycles. The van der Waals surface area contributed by atoms with E-state index < -0.39 is 0 Å². The second-order valence-electron chi connectivity index (χ2n) is 4.99. The van der Waals surface area contributed by atoms with Gasteiger partial charge in [-0.1, -0.05) is 11.8 Å². The van der Waals surface area contributed by atoms with Crippen LogP contribution in [0.3, 0.4) is 0 Å². The van der Waals surface area contributed by atoms with Crippen molar-refractivity contribution in [2.24, 2.45) is 0 Å². The molecule has 1 heterocycles. The van der Waals surface area contributed by atoms with Gasteiger partial charge < -0.3 is 10.6 Å². The van der Waals surface area contributed by atoms with E-state index >= 15 is 0 Å². The van der Waals surface area contributed by atoms with Crippen LogP contribution in [-0.2, 0) is 4.79 Å². The molecule has 0 saturated carbocycles. The Morgan fingerprint density at radius 1 is 1.32 bits per heavy atom. The number of nitrogens with zero attached hydrogens (tertiary/aromatic N) is 3. The number of amides is 1. The highest BCUT2D eigenvalue weighted by atomic mass is 32.2. The Kier molecular flexibility index (Phi) is 5.60. The zero-order valence-electron chi connectivity index (χ0n) is 12.2. The summed E-state index contributed by atoms with van der Waals surface area (Å²) in [6.45, 7) is 9.93. The number of anilines is 1. The van der Waals surface area contributed by atoms with E-state index in [1.54, 1.807) is 6.07 Å². The van der Waals surface area contributed by atoms with Crippen molar-refractivity contribution in [2.45, 2.75) is 51.9 Å². The number of thioether (sulfide) groups is 1. The molecule has 1 amide bonds. The molecule has 6 heteroatoms. The molecule has 106 valence electrons. The maximum absolute atomic E-state index is 12.2. The minimum Gasteiger partial charge on any atom is -0.384 e. The van der Waals surface area contributed by atoms with Gasteiger partial charge in [0.15, 0.2) is 5.16 Å². The monoisotopic (exact) mass is 282 g/mol. The quantitative estimate of drug-likeness (QED) is 0.661. The highest BCUT2D eigenvalue weighted by Gasteiger charge is 2.20. The lowest BCUT2D eigenvalue weighted by atomic mass is 10.2. The predicted octanol–water partition coefficient (Wildman–Crippen LogP) is 2.10.